The number of carbonyl (C=O) groups is 1. The zero-order chi connectivity index (χ0) is 14.9. The summed E-state index contributed by atoms with van der Waals surface area (Å²) in [5.41, 5.74) is 1.35. The lowest BCUT2D eigenvalue weighted by Gasteiger charge is -2.15. The summed E-state index contributed by atoms with van der Waals surface area (Å²) in [7, 11) is 0. The van der Waals surface area contributed by atoms with Gasteiger partial charge in [0.25, 0.3) is 0 Å². The molecule has 0 aliphatic rings. The average Bonchev–Trinajstić information content (AvgIpc) is 2.73. The number of rotatable bonds is 5. The molecule has 7 heteroatoms. The fourth-order valence-electron chi connectivity index (χ4n) is 1.90. The van der Waals surface area contributed by atoms with Gasteiger partial charge in [0.05, 0.1) is 21.3 Å². The van der Waals surface area contributed by atoms with E-state index in [2.05, 4.69) is 20.9 Å². The van der Waals surface area contributed by atoms with Crippen LogP contribution in [-0.2, 0) is 4.79 Å². The molecule has 1 aromatic heterocycles. The number of nitrogens with zero attached hydrogens (tertiary/aromatic N) is 2. The second kappa shape index (κ2) is 6.13. The molecule has 20 heavy (non-hydrogen) atoms. The summed E-state index contributed by atoms with van der Waals surface area (Å²) in [4.78, 5) is 15.1. The molecule has 108 valence electrons. The summed E-state index contributed by atoms with van der Waals surface area (Å²) in [6.07, 6.45) is 0.851. The second-order valence-corrected chi connectivity index (χ2v) is 6.26. The van der Waals surface area contributed by atoms with Crippen LogP contribution in [0.3, 0.4) is 0 Å². The molecule has 2 aromatic rings. The number of hydrogen-bond donors (Lipinski definition) is 1. The standard InChI is InChI=1S/C13H14BrFN2O2S/c1-3-7(2)17-11-5-9(15)8(14)4-10(11)16-13(17)20-6-12(18)19/h4-5,7H,3,6H2,1-2H3,(H,18,19). The van der Waals surface area contributed by atoms with Crippen molar-refractivity contribution in [2.24, 2.45) is 0 Å². The van der Waals surface area contributed by atoms with Crippen LogP contribution in [0.1, 0.15) is 26.3 Å². The molecule has 4 nitrogen and oxygen atoms in total. The van der Waals surface area contributed by atoms with E-state index in [-0.39, 0.29) is 17.6 Å². The van der Waals surface area contributed by atoms with Gasteiger partial charge in [-0.05, 0) is 35.3 Å². The molecule has 0 amide bonds. The molecule has 0 saturated carbocycles. The molecule has 0 aliphatic heterocycles. The maximum absolute atomic E-state index is 13.7. The van der Waals surface area contributed by atoms with E-state index in [1.54, 1.807) is 6.07 Å². The highest BCUT2D eigenvalue weighted by Gasteiger charge is 2.18. The molecule has 1 aromatic carbocycles. The lowest BCUT2D eigenvalue weighted by molar-refractivity contribution is -0.133. The molecule has 1 N–H and O–H groups in total. The van der Waals surface area contributed by atoms with Gasteiger partial charge in [0.1, 0.15) is 5.82 Å². The van der Waals surface area contributed by atoms with Gasteiger partial charge in [0.2, 0.25) is 0 Å². The molecule has 1 unspecified atom stereocenters. The predicted molar refractivity (Wildman–Crippen MR) is 80.8 cm³/mol. The molecule has 0 saturated heterocycles. The van der Waals surface area contributed by atoms with Crippen LogP contribution >= 0.6 is 27.7 Å². The lowest BCUT2D eigenvalue weighted by Crippen LogP contribution is -2.07. The number of thioether (sulfide) groups is 1. The van der Waals surface area contributed by atoms with Crippen molar-refractivity contribution in [1.82, 2.24) is 9.55 Å². The predicted octanol–water partition coefficient (Wildman–Crippen LogP) is 4.09. The van der Waals surface area contributed by atoms with Crippen molar-refractivity contribution in [1.29, 1.82) is 0 Å². The Balaban J connectivity index is 2.57. The molecule has 0 aliphatic carbocycles. The Kier molecular flexibility index (Phi) is 4.70. The Labute approximate surface area is 128 Å². The maximum Gasteiger partial charge on any atom is 0.313 e. The van der Waals surface area contributed by atoms with Crippen molar-refractivity contribution >= 4 is 44.7 Å². The highest BCUT2D eigenvalue weighted by Crippen LogP contribution is 2.31. The Morgan fingerprint density at radius 3 is 2.90 bits per heavy atom. The molecular weight excluding hydrogens is 347 g/mol. The van der Waals surface area contributed by atoms with Gasteiger partial charge >= 0.3 is 5.97 Å². The number of halogens is 2. The first-order valence-electron chi connectivity index (χ1n) is 6.15. The van der Waals surface area contributed by atoms with Gasteiger partial charge in [0.15, 0.2) is 5.16 Å². The molecule has 0 spiro atoms. The van der Waals surface area contributed by atoms with Crippen molar-refractivity contribution in [3.63, 3.8) is 0 Å². The zero-order valence-electron chi connectivity index (χ0n) is 11.1. The Morgan fingerprint density at radius 2 is 2.30 bits per heavy atom. The maximum atomic E-state index is 13.7. The van der Waals surface area contributed by atoms with E-state index in [0.717, 1.165) is 18.2 Å². The van der Waals surface area contributed by atoms with Crippen molar-refractivity contribution < 1.29 is 14.3 Å². The number of aromatic nitrogens is 2. The SMILES string of the molecule is CCC(C)n1c(SCC(=O)O)nc2cc(Br)c(F)cc21. The Bertz CT molecular complexity index is 659. The van der Waals surface area contributed by atoms with Crippen LogP contribution in [0.25, 0.3) is 11.0 Å². The Morgan fingerprint density at radius 1 is 1.60 bits per heavy atom. The van der Waals surface area contributed by atoms with Crippen molar-refractivity contribution in [2.75, 3.05) is 5.75 Å². The highest BCUT2D eigenvalue weighted by molar-refractivity contribution is 9.10. The summed E-state index contributed by atoms with van der Waals surface area (Å²) in [5.74, 6) is -1.31. The van der Waals surface area contributed by atoms with E-state index in [1.807, 2.05) is 18.4 Å². The number of fused-ring (bicyclic) bond motifs is 1. The van der Waals surface area contributed by atoms with Gasteiger partial charge < -0.3 is 9.67 Å². The normalized spacial score (nSPS) is 12.8. The van der Waals surface area contributed by atoms with Crippen molar-refractivity contribution in [3.8, 4) is 0 Å². The van der Waals surface area contributed by atoms with Gasteiger partial charge in [-0.25, -0.2) is 9.37 Å². The van der Waals surface area contributed by atoms with Crippen LogP contribution < -0.4 is 0 Å². The topological polar surface area (TPSA) is 55.1 Å². The fourth-order valence-corrected chi connectivity index (χ4v) is 3.07. The van der Waals surface area contributed by atoms with Crippen LogP contribution in [0.15, 0.2) is 21.8 Å². The van der Waals surface area contributed by atoms with Gasteiger partial charge in [0, 0.05) is 12.1 Å². The summed E-state index contributed by atoms with van der Waals surface area (Å²) >= 11 is 4.29. The first-order valence-corrected chi connectivity index (χ1v) is 7.93. The third-order valence-electron chi connectivity index (χ3n) is 3.06. The van der Waals surface area contributed by atoms with Crippen LogP contribution in [-0.4, -0.2) is 26.4 Å². The zero-order valence-corrected chi connectivity index (χ0v) is 13.5. The van der Waals surface area contributed by atoms with Gasteiger partial charge in [-0.15, -0.1) is 0 Å². The first-order chi connectivity index (χ1) is 9.43. The minimum atomic E-state index is -0.898. The average molecular weight is 361 g/mol. The molecule has 0 bridgehead atoms. The van der Waals surface area contributed by atoms with Gasteiger partial charge in [-0.3, -0.25) is 4.79 Å². The van der Waals surface area contributed by atoms with E-state index in [4.69, 9.17) is 5.11 Å². The minimum absolute atomic E-state index is 0.0661. The molecule has 0 radical (unpaired) electrons. The Hall–Kier alpha value is -1.08. The third-order valence-corrected chi connectivity index (χ3v) is 4.60. The quantitative estimate of drug-likeness (QED) is 0.816. The van der Waals surface area contributed by atoms with Gasteiger partial charge in [-0.2, -0.15) is 0 Å². The summed E-state index contributed by atoms with van der Waals surface area (Å²) in [6, 6.07) is 3.18. The number of benzene rings is 1. The number of carboxylic acid groups (broad SMARTS) is 1. The number of hydrogen-bond acceptors (Lipinski definition) is 3. The molecule has 0 fully saturated rings. The third kappa shape index (κ3) is 2.98. The molecular formula is C13H14BrFN2O2S. The highest BCUT2D eigenvalue weighted by atomic mass is 79.9. The molecule has 1 atom stereocenters. The van der Waals surface area contributed by atoms with Crippen molar-refractivity contribution in [2.45, 2.75) is 31.5 Å². The second-order valence-electron chi connectivity index (χ2n) is 4.46. The van der Waals surface area contributed by atoms with E-state index in [1.165, 1.54) is 6.07 Å². The number of aliphatic carboxylic acids is 1. The van der Waals surface area contributed by atoms with E-state index < -0.39 is 5.97 Å². The van der Waals surface area contributed by atoms with E-state index in [9.17, 15) is 9.18 Å². The largest absolute Gasteiger partial charge is 0.481 e. The first kappa shape index (κ1) is 15.3. The number of carboxylic acids is 1. The summed E-state index contributed by atoms with van der Waals surface area (Å²) in [6.45, 7) is 4.03. The van der Waals surface area contributed by atoms with Crippen LogP contribution in [0.4, 0.5) is 4.39 Å². The van der Waals surface area contributed by atoms with E-state index >= 15 is 0 Å². The monoisotopic (exact) mass is 360 g/mol. The number of imidazole rings is 1. The van der Waals surface area contributed by atoms with Crippen LogP contribution in [0, 0.1) is 5.82 Å². The minimum Gasteiger partial charge on any atom is -0.481 e. The fraction of sp³-hybridized carbons (Fsp3) is 0.385. The molecule has 2 rings (SSSR count). The smallest absolute Gasteiger partial charge is 0.313 e. The van der Waals surface area contributed by atoms with Crippen LogP contribution in [0.2, 0.25) is 0 Å². The van der Waals surface area contributed by atoms with Gasteiger partial charge in [-0.1, -0.05) is 18.7 Å². The van der Waals surface area contributed by atoms with Crippen LogP contribution in [0.5, 0.6) is 0 Å². The lowest BCUT2D eigenvalue weighted by atomic mass is 10.2. The summed E-state index contributed by atoms with van der Waals surface area (Å²) < 4.78 is 16.0. The summed E-state index contributed by atoms with van der Waals surface area (Å²) in [5, 5.41) is 9.41. The molecule has 1 heterocycles. The van der Waals surface area contributed by atoms with Crippen molar-refractivity contribution in [3.05, 3.63) is 22.4 Å². The van der Waals surface area contributed by atoms with E-state index in [0.29, 0.717) is 20.7 Å².